The van der Waals surface area contributed by atoms with Crippen molar-refractivity contribution in [1.82, 2.24) is 19.9 Å². The average Bonchev–Trinajstić information content (AvgIpc) is 3.95. The molecule has 276 valence electrons. The molecule has 0 bridgehead atoms. The summed E-state index contributed by atoms with van der Waals surface area (Å²) in [4.78, 5) is 48.1. The van der Waals surface area contributed by atoms with E-state index in [1.54, 1.807) is 13.8 Å². The number of quaternary nitrogens is 1. The lowest BCUT2D eigenvalue weighted by atomic mass is 9.87. The lowest BCUT2D eigenvalue weighted by Crippen LogP contribution is -2.69. The molecule has 1 spiro atoms. The number of benzene rings is 1. The third kappa shape index (κ3) is 6.64. The van der Waals surface area contributed by atoms with Crippen molar-refractivity contribution in [3.63, 3.8) is 0 Å². The van der Waals surface area contributed by atoms with E-state index < -0.39 is 62.1 Å². The van der Waals surface area contributed by atoms with Gasteiger partial charge in [-0.05, 0) is 83.4 Å². The summed E-state index contributed by atoms with van der Waals surface area (Å²) < 4.78 is 77.2. The SMILES string of the molecule is Cc1nc2ccc(OC(F)(F)F)cc2c2c1O[C@]1(CC2)C[C@H]2C(=O)N[C@]3(C(=O)NS(=O)(=O)C4(C)CC4)C[C@H]3/C=C\CCCCC[C@H]([NH3+])C(=O)N2C1. The van der Waals surface area contributed by atoms with Crippen LogP contribution in [0.5, 0.6) is 11.5 Å². The maximum Gasteiger partial charge on any atom is 0.573 e. The number of hydrogen-bond donors (Lipinski definition) is 3. The van der Waals surface area contributed by atoms with Crippen LogP contribution in [0.4, 0.5) is 13.2 Å². The monoisotopic (exact) mass is 734 g/mol. The number of pyridine rings is 1. The van der Waals surface area contributed by atoms with Gasteiger partial charge in [-0.2, -0.15) is 0 Å². The number of amides is 3. The number of aromatic nitrogens is 1. The van der Waals surface area contributed by atoms with Crippen molar-refractivity contribution in [2.75, 3.05) is 6.54 Å². The number of carbonyl (C=O) groups excluding carboxylic acids is 3. The van der Waals surface area contributed by atoms with Crippen LogP contribution in [0.15, 0.2) is 30.4 Å². The van der Waals surface area contributed by atoms with Crippen LogP contribution in [0.25, 0.3) is 10.9 Å². The molecule has 0 unspecified atom stereocenters. The van der Waals surface area contributed by atoms with Gasteiger partial charge in [-0.25, -0.2) is 13.4 Å². The van der Waals surface area contributed by atoms with Crippen molar-refractivity contribution >= 4 is 38.6 Å². The maximum absolute atomic E-state index is 14.3. The summed E-state index contributed by atoms with van der Waals surface area (Å²) in [5, 5.41) is 3.33. The number of halogens is 3. The van der Waals surface area contributed by atoms with Crippen molar-refractivity contribution < 1.29 is 51.2 Å². The Morgan fingerprint density at radius 1 is 1.16 bits per heavy atom. The number of ether oxygens (including phenoxy) is 2. The Morgan fingerprint density at radius 2 is 1.92 bits per heavy atom. The maximum atomic E-state index is 14.3. The van der Waals surface area contributed by atoms with Gasteiger partial charge in [-0.15, -0.1) is 13.2 Å². The standard InChI is InChI=1S/C35H42F3N5O7S/c1-20-28-23(24-16-22(49-35(36,37)38)10-11-26(24)40-20)12-13-33(50-28)18-27-29(44)41-34(31(46)42-51(47,48)32(2)14-15-32)17-21(34)8-6-4-3-5-7-9-25(39)30(45)43(27)19-33/h6,8,10-11,16,21,25,27H,3-5,7,9,12-15,17-19,39H2,1-2H3,(H,41,44)(H,42,46)/p+1/b8-6-/t21-,25+,27+,33-,34-/m1/s1. The van der Waals surface area contributed by atoms with Crippen LogP contribution in [0.3, 0.4) is 0 Å². The van der Waals surface area contributed by atoms with Crippen LogP contribution in [0.2, 0.25) is 0 Å². The predicted octanol–water partition coefficient (Wildman–Crippen LogP) is 3.11. The van der Waals surface area contributed by atoms with Gasteiger partial charge in [0.2, 0.25) is 15.9 Å². The Balaban J connectivity index is 1.20. The number of aryl methyl sites for hydroxylation is 2. The Kier molecular flexibility index (Phi) is 8.59. The second-order valence-corrected chi connectivity index (χ2v) is 17.3. The molecule has 3 fully saturated rings. The molecular formula is C35H43F3N5O7S+. The molecule has 1 saturated heterocycles. The molecule has 12 nitrogen and oxygen atoms in total. The number of alkyl halides is 3. The van der Waals surface area contributed by atoms with Crippen LogP contribution >= 0.6 is 0 Å². The second kappa shape index (κ2) is 12.3. The smallest absolute Gasteiger partial charge is 0.483 e. The van der Waals surface area contributed by atoms with E-state index in [1.807, 2.05) is 12.2 Å². The van der Waals surface area contributed by atoms with Crippen LogP contribution in [-0.4, -0.2) is 76.9 Å². The molecule has 16 heteroatoms. The number of rotatable bonds is 4. The molecule has 2 aromatic rings. The lowest BCUT2D eigenvalue weighted by Gasteiger charge is -2.36. The molecular weight excluding hydrogens is 691 g/mol. The predicted molar refractivity (Wildman–Crippen MR) is 178 cm³/mol. The summed E-state index contributed by atoms with van der Waals surface area (Å²) in [5.74, 6) is -2.16. The zero-order valence-electron chi connectivity index (χ0n) is 28.6. The van der Waals surface area contributed by atoms with E-state index in [0.29, 0.717) is 60.0 Å². The van der Waals surface area contributed by atoms with Crippen molar-refractivity contribution in [3.8, 4) is 11.5 Å². The zero-order chi connectivity index (χ0) is 36.6. The van der Waals surface area contributed by atoms with Crippen molar-refractivity contribution in [1.29, 1.82) is 0 Å². The van der Waals surface area contributed by atoms with Crippen LogP contribution in [0, 0.1) is 12.8 Å². The van der Waals surface area contributed by atoms with E-state index in [1.165, 1.54) is 23.1 Å². The van der Waals surface area contributed by atoms with Crippen molar-refractivity contribution in [2.45, 2.75) is 119 Å². The molecule has 5 N–H and O–H groups in total. The fourth-order valence-corrected chi connectivity index (χ4v) is 9.12. The largest absolute Gasteiger partial charge is 0.573 e. The Hall–Kier alpha value is -3.92. The Bertz CT molecular complexity index is 1930. The zero-order valence-corrected chi connectivity index (χ0v) is 29.4. The van der Waals surface area contributed by atoms with Gasteiger partial charge in [-0.1, -0.05) is 18.6 Å². The van der Waals surface area contributed by atoms with Gasteiger partial charge >= 0.3 is 6.36 Å². The highest BCUT2D eigenvalue weighted by atomic mass is 32.2. The van der Waals surface area contributed by atoms with E-state index >= 15 is 0 Å². The highest BCUT2D eigenvalue weighted by Crippen LogP contribution is 2.49. The third-order valence-corrected chi connectivity index (χ3v) is 13.4. The molecule has 5 atom stereocenters. The minimum atomic E-state index is -4.87. The molecule has 0 radical (unpaired) electrons. The summed E-state index contributed by atoms with van der Waals surface area (Å²) in [6.45, 7) is 3.35. The van der Waals surface area contributed by atoms with Gasteiger partial charge in [0.25, 0.3) is 11.8 Å². The quantitative estimate of drug-likeness (QED) is 0.403. The van der Waals surface area contributed by atoms with Gasteiger partial charge in [-0.3, -0.25) is 19.1 Å². The molecule has 7 rings (SSSR count). The lowest BCUT2D eigenvalue weighted by molar-refractivity contribution is -0.407. The normalized spacial score (nSPS) is 31.3. The minimum Gasteiger partial charge on any atom is -0.483 e. The molecule has 1 aromatic heterocycles. The molecule has 1 aromatic carbocycles. The average molecular weight is 735 g/mol. The van der Waals surface area contributed by atoms with Gasteiger partial charge in [0.1, 0.15) is 28.7 Å². The molecule has 3 aliphatic heterocycles. The van der Waals surface area contributed by atoms with E-state index in [4.69, 9.17) is 4.74 Å². The highest BCUT2D eigenvalue weighted by Gasteiger charge is 2.64. The summed E-state index contributed by atoms with van der Waals surface area (Å²) in [5.41, 5.74) is 3.21. The fraction of sp³-hybridized carbons (Fsp3) is 0.600. The first-order chi connectivity index (χ1) is 23.9. The van der Waals surface area contributed by atoms with Gasteiger partial charge < -0.3 is 25.4 Å². The molecule has 2 saturated carbocycles. The summed E-state index contributed by atoms with van der Waals surface area (Å²) >= 11 is 0. The number of hydrogen-bond acceptors (Lipinski definition) is 8. The molecule has 4 heterocycles. The number of carbonyl (C=O) groups is 3. The van der Waals surface area contributed by atoms with Crippen molar-refractivity contribution in [3.05, 3.63) is 41.6 Å². The minimum absolute atomic E-state index is 0.0410. The van der Waals surface area contributed by atoms with E-state index in [-0.39, 0.29) is 31.0 Å². The topological polar surface area (TPSA) is 172 Å². The van der Waals surface area contributed by atoms with Gasteiger partial charge in [0, 0.05) is 29.7 Å². The van der Waals surface area contributed by atoms with E-state index in [2.05, 4.69) is 25.5 Å². The van der Waals surface area contributed by atoms with Crippen LogP contribution in [-0.2, 0) is 30.8 Å². The first kappa shape index (κ1) is 35.5. The first-order valence-corrected chi connectivity index (χ1v) is 19.0. The number of sulfonamides is 1. The van der Waals surface area contributed by atoms with Crippen LogP contribution in [0.1, 0.15) is 82.4 Å². The molecule has 3 amide bonds. The number of nitrogens with zero attached hydrogens (tertiary/aromatic N) is 2. The summed E-state index contributed by atoms with van der Waals surface area (Å²) in [6, 6.07) is 2.26. The number of nitrogens with one attached hydrogen (secondary N) is 2. The third-order valence-electron chi connectivity index (χ3n) is 11.3. The van der Waals surface area contributed by atoms with Crippen molar-refractivity contribution in [2.24, 2.45) is 5.92 Å². The number of allylic oxidation sites excluding steroid dienone is 1. The number of fused-ring (bicyclic) bond motifs is 5. The Labute approximate surface area is 293 Å². The van der Waals surface area contributed by atoms with Gasteiger partial charge in [0.05, 0.1) is 22.5 Å². The van der Waals surface area contributed by atoms with E-state index in [0.717, 1.165) is 25.7 Å². The second-order valence-electron chi connectivity index (χ2n) is 15.1. The van der Waals surface area contributed by atoms with Crippen LogP contribution < -0.4 is 25.2 Å². The highest BCUT2D eigenvalue weighted by molar-refractivity contribution is 7.91. The summed E-state index contributed by atoms with van der Waals surface area (Å²) in [7, 11) is -3.98. The molecule has 5 aliphatic rings. The molecule has 51 heavy (non-hydrogen) atoms. The first-order valence-electron chi connectivity index (χ1n) is 17.5. The summed E-state index contributed by atoms with van der Waals surface area (Å²) in [6.07, 6.45) is 4.53. The van der Waals surface area contributed by atoms with Gasteiger partial charge in [0.15, 0.2) is 6.04 Å². The Morgan fingerprint density at radius 3 is 2.65 bits per heavy atom. The van der Waals surface area contributed by atoms with E-state index in [9.17, 15) is 36.0 Å². The molecule has 2 aliphatic carbocycles. The fourth-order valence-electron chi connectivity index (χ4n) is 7.81.